The number of benzene rings is 2. The molecule has 0 aliphatic carbocycles. The standard InChI is InChI=1S/C19H19FN2O3S/c1-12-9-15-10-17(5-6-18(15)22(12)13(2)23)26(24,25)21-8-7-14-3-4-16(20)11-19(14)21/h3-6,10-12H,7-9H2,1-2H3. The Morgan fingerprint density at radius 1 is 1.12 bits per heavy atom. The number of carbonyl (C=O) groups excluding carboxylic acids is 1. The molecule has 0 radical (unpaired) electrons. The molecule has 0 saturated heterocycles. The van der Waals surface area contributed by atoms with E-state index in [4.69, 9.17) is 0 Å². The van der Waals surface area contributed by atoms with Gasteiger partial charge in [-0.2, -0.15) is 0 Å². The van der Waals surface area contributed by atoms with Crippen molar-refractivity contribution in [2.24, 2.45) is 0 Å². The summed E-state index contributed by atoms with van der Waals surface area (Å²) in [7, 11) is -3.78. The van der Waals surface area contributed by atoms with Gasteiger partial charge < -0.3 is 4.90 Å². The summed E-state index contributed by atoms with van der Waals surface area (Å²) < 4.78 is 41.1. The van der Waals surface area contributed by atoms with E-state index in [9.17, 15) is 17.6 Å². The SMILES string of the molecule is CC(=O)N1c2ccc(S(=O)(=O)N3CCc4ccc(F)cc43)cc2CC1C. The molecule has 1 amide bonds. The highest BCUT2D eigenvalue weighted by atomic mass is 32.2. The second-order valence-electron chi connectivity index (χ2n) is 6.83. The average molecular weight is 374 g/mol. The van der Waals surface area contributed by atoms with Crippen molar-refractivity contribution in [2.75, 3.05) is 15.7 Å². The van der Waals surface area contributed by atoms with Crippen LogP contribution in [0.25, 0.3) is 0 Å². The van der Waals surface area contributed by atoms with Crippen LogP contribution in [0.3, 0.4) is 0 Å². The first-order chi connectivity index (χ1) is 12.3. The third-order valence-electron chi connectivity index (χ3n) is 5.09. The number of hydrogen-bond donors (Lipinski definition) is 0. The zero-order valence-corrected chi connectivity index (χ0v) is 15.4. The Morgan fingerprint density at radius 2 is 1.88 bits per heavy atom. The number of amides is 1. The van der Waals surface area contributed by atoms with Gasteiger partial charge in [0.25, 0.3) is 10.0 Å². The largest absolute Gasteiger partial charge is 0.309 e. The summed E-state index contributed by atoms with van der Waals surface area (Å²) in [5, 5.41) is 0. The number of nitrogens with zero attached hydrogens (tertiary/aromatic N) is 2. The van der Waals surface area contributed by atoms with E-state index in [-0.39, 0.29) is 16.8 Å². The molecule has 1 atom stereocenters. The summed E-state index contributed by atoms with van der Waals surface area (Å²) in [4.78, 5) is 13.7. The van der Waals surface area contributed by atoms with Gasteiger partial charge in [0.1, 0.15) is 5.82 Å². The summed E-state index contributed by atoms with van der Waals surface area (Å²) in [6, 6.07) is 9.11. The van der Waals surface area contributed by atoms with Gasteiger partial charge in [0.2, 0.25) is 5.91 Å². The van der Waals surface area contributed by atoms with Crippen LogP contribution in [0.5, 0.6) is 0 Å². The lowest BCUT2D eigenvalue weighted by molar-refractivity contribution is -0.116. The minimum Gasteiger partial charge on any atom is -0.309 e. The Kier molecular flexibility index (Phi) is 3.80. The summed E-state index contributed by atoms with van der Waals surface area (Å²) in [5.74, 6) is -0.512. The molecule has 1 unspecified atom stereocenters. The van der Waals surface area contributed by atoms with Crippen molar-refractivity contribution in [3.8, 4) is 0 Å². The van der Waals surface area contributed by atoms with E-state index in [1.54, 1.807) is 23.1 Å². The molecule has 0 bridgehead atoms. The fraction of sp³-hybridized carbons (Fsp3) is 0.316. The van der Waals surface area contributed by atoms with Crippen LogP contribution in [0.1, 0.15) is 25.0 Å². The Balaban J connectivity index is 1.75. The highest BCUT2D eigenvalue weighted by Crippen LogP contribution is 2.37. The maximum absolute atomic E-state index is 13.6. The van der Waals surface area contributed by atoms with Gasteiger partial charge in [0, 0.05) is 25.2 Å². The van der Waals surface area contributed by atoms with Crippen LogP contribution in [-0.2, 0) is 27.7 Å². The number of rotatable bonds is 2. The van der Waals surface area contributed by atoms with Gasteiger partial charge in [0.15, 0.2) is 0 Å². The molecule has 0 fully saturated rings. The molecular weight excluding hydrogens is 355 g/mol. The molecule has 0 aromatic heterocycles. The molecule has 0 spiro atoms. The third kappa shape index (κ3) is 2.49. The quantitative estimate of drug-likeness (QED) is 0.812. The van der Waals surface area contributed by atoms with Gasteiger partial charge in [0.05, 0.1) is 10.6 Å². The van der Waals surface area contributed by atoms with E-state index in [0.717, 1.165) is 16.8 Å². The highest BCUT2D eigenvalue weighted by molar-refractivity contribution is 7.92. The van der Waals surface area contributed by atoms with Gasteiger partial charge in [-0.05, 0) is 61.2 Å². The lowest BCUT2D eigenvalue weighted by atomic mass is 10.1. The van der Waals surface area contributed by atoms with Crippen LogP contribution in [0.2, 0.25) is 0 Å². The monoisotopic (exact) mass is 374 g/mol. The van der Waals surface area contributed by atoms with Gasteiger partial charge in [-0.3, -0.25) is 9.10 Å². The van der Waals surface area contributed by atoms with E-state index < -0.39 is 15.8 Å². The number of carbonyl (C=O) groups is 1. The predicted octanol–water partition coefficient (Wildman–Crippen LogP) is 2.87. The van der Waals surface area contributed by atoms with E-state index in [1.807, 2.05) is 6.92 Å². The molecule has 26 heavy (non-hydrogen) atoms. The maximum Gasteiger partial charge on any atom is 0.264 e. The Morgan fingerprint density at radius 3 is 2.62 bits per heavy atom. The number of hydrogen-bond acceptors (Lipinski definition) is 3. The fourth-order valence-corrected chi connectivity index (χ4v) is 5.49. The Bertz CT molecular complexity index is 1020. The number of fused-ring (bicyclic) bond motifs is 2. The molecule has 2 aliphatic rings. The molecule has 2 heterocycles. The van der Waals surface area contributed by atoms with Crippen LogP contribution in [0.4, 0.5) is 15.8 Å². The smallest absolute Gasteiger partial charge is 0.264 e. The number of halogens is 1. The molecule has 4 rings (SSSR count). The second-order valence-corrected chi connectivity index (χ2v) is 8.70. The zero-order chi connectivity index (χ0) is 18.6. The molecule has 0 N–H and O–H groups in total. The normalized spacial score (nSPS) is 18.8. The molecular formula is C19H19FN2O3S. The topological polar surface area (TPSA) is 57.7 Å². The average Bonchev–Trinajstić information content (AvgIpc) is 3.13. The summed E-state index contributed by atoms with van der Waals surface area (Å²) >= 11 is 0. The van der Waals surface area contributed by atoms with E-state index >= 15 is 0 Å². The second kappa shape index (κ2) is 5.81. The van der Waals surface area contributed by atoms with Gasteiger partial charge in [-0.1, -0.05) is 6.07 Å². The molecule has 0 saturated carbocycles. The summed E-state index contributed by atoms with van der Waals surface area (Å²) in [6.07, 6.45) is 1.18. The van der Waals surface area contributed by atoms with Gasteiger partial charge in [-0.15, -0.1) is 0 Å². The molecule has 7 heteroatoms. The van der Waals surface area contributed by atoms with Crippen LogP contribution in [0, 0.1) is 5.82 Å². The summed E-state index contributed by atoms with van der Waals surface area (Å²) in [5.41, 5.74) is 2.83. The lowest BCUT2D eigenvalue weighted by Crippen LogP contribution is -2.33. The van der Waals surface area contributed by atoms with Crippen molar-refractivity contribution in [3.05, 3.63) is 53.3 Å². The van der Waals surface area contributed by atoms with Crippen LogP contribution < -0.4 is 9.21 Å². The number of sulfonamides is 1. The predicted molar refractivity (Wildman–Crippen MR) is 97.4 cm³/mol. The van der Waals surface area contributed by atoms with Crippen LogP contribution in [0.15, 0.2) is 41.3 Å². The first-order valence-corrected chi connectivity index (χ1v) is 9.97. The summed E-state index contributed by atoms with van der Waals surface area (Å²) in [6.45, 7) is 3.75. The van der Waals surface area contributed by atoms with Crippen molar-refractivity contribution in [1.29, 1.82) is 0 Å². The van der Waals surface area contributed by atoms with Crippen LogP contribution >= 0.6 is 0 Å². The van der Waals surface area contributed by atoms with Crippen molar-refractivity contribution >= 4 is 27.3 Å². The zero-order valence-electron chi connectivity index (χ0n) is 14.6. The fourth-order valence-electron chi connectivity index (χ4n) is 3.95. The minimum atomic E-state index is -3.78. The third-order valence-corrected chi connectivity index (χ3v) is 6.90. The molecule has 2 aromatic rings. The molecule has 2 aliphatic heterocycles. The van der Waals surface area contributed by atoms with Gasteiger partial charge >= 0.3 is 0 Å². The molecule has 136 valence electrons. The van der Waals surface area contributed by atoms with Crippen molar-refractivity contribution in [1.82, 2.24) is 0 Å². The van der Waals surface area contributed by atoms with Crippen molar-refractivity contribution < 1.29 is 17.6 Å². The van der Waals surface area contributed by atoms with E-state index in [2.05, 4.69) is 0 Å². The Hall–Kier alpha value is -2.41. The van der Waals surface area contributed by atoms with E-state index in [1.165, 1.54) is 29.4 Å². The molecule has 5 nitrogen and oxygen atoms in total. The maximum atomic E-state index is 13.6. The minimum absolute atomic E-state index is 0.00191. The van der Waals surface area contributed by atoms with Gasteiger partial charge in [-0.25, -0.2) is 12.8 Å². The first kappa shape index (κ1) is 17.0. The molecule has 2 aromatic carbocycles. The van der Waals surface area contributed by atoms with E-state index in [0.29, 0.717) is 25.1 Å². The van der Waals surface area contributed by atoms with Crippen LogP contribution in [-0.4, -0.2) is 26.9 Å². The lowest BCUT2D eigenvalue weighted by Gasteiger charge is -2.22. The van der Waals surface area contributed by atoms with Crippen molar-refractivity contribution in [2.45, 2.75) is 37.6 Å². The Labute approximate surface area is 152 Å². The number of anilines is 2. The highest BCUT2D eigenvalue weighted by Gasteiger charge is 2.34. The van der Waals surface area contributed by atoms with Crippen molar-refractivity contribution in [3.63, 3.8) is 0 Å². The first-order valence-electron chi connectivity index (χ1n) is 8.53.